The van der Waals surface area contributed by atoms with Crippen LogP contribution in [0.1, 0.15) is 149 Å². The molecule has 4 aliphatic heterocycles. The maximum atomic E-state index is 14.4. The van der Waals surface area contributed by atoms with Crippen LogP contribution in [0.25, 0.3) is 40.9 Å². The standard InChI is InChI=1S/C21H24F2N4S.C19H16ClF2N5S.2C19H18ClN5S/c1-13(2)19-10-18-20(24-12-25-21(18)28-19)26-17-3-5-27(6-4-17)11-14-7-15(22)9-16(23)8-14;20-17-6-14-18(24-10-25-19(14)28-17)26-13-1-3-27(4-2-13)9-12-5-11(8-23)15(21)7-16(12)22;2*20-17-9-16-18(22-12-23-19(16)26-17)24-15-4-6-25(7-5-15)11-14-3-1-2-13(8-14)10-21/h7-10,12-13,17H,3-6,11H2,1-2H3,(H,24,25,26);5-7,10,13H,1-4,9H2,(H,24,25,26);2*1-3,8-9,12,15H,4-7,11H2,(H,22,23,24)/i10D,11D2,12D,13D,17D;6D,9D2,13D;2D,3D,8D,9D,11D2,12D,15D;2D,3D,8D,9D,11D2,15D/hD4. The van der Waals surface area contributed by atoms with E-state index in [0.717, 1.165) is 96.9 Å². The number of nitrogens with one attached hydrogen (secondary N) is 4. The highest BCUT2D eigenvalue weighted by Gasteiger charge is 2.27. The van der Waals surface area contributed by atoms with Crippen molar-refractivity contribution < 1.29 is 57.5 Å². The molecular formula is C78H76Cl3F4N19S4. The fraction of sp³-hybridized carbons (Fsp3) is 0.346. The van der Waals surface area contributed by atoms with Crippen LogP contribution in [0.15, 0.2) is 128 Å². The van der Waals surface area contributed by atoms with E-state index in [1.54, 1.807) is 32.1 Å². The number of likely N-dealkylation sites (tertiary alicyclic amines) is 4. The average molecular weight is 1620 g/mol. The summed E-state index contributed by atoms with van der Waals surface area (Å²) in [5.41, 5.74) is -2.35. The van der Waals surface area contributed by atoms with Gasteiger partial charge in [-0.15, -0.1) is 45.3 Å². The van der Waals surface area contributed by atoms with Crippen molar-refractivity contribution in [1.82, 2.24) is 59.5 Å². The molecule has 4 N–H and O–H groups in total. The zero-order chi connectivity index (χ0) is 101. The first kappa shape index (κ1) is 48.6. The maximum Gasteiger partial charge on any atom is 0.162 e. The highest BCUT2D eigenvalue weighted by Crippen LogP contribution is 2.37. The average Bonchev–Trinajstić information content (AvgIpc) is 1.70. The normalized spacial score (nSPS) is 21.5. The summed E-state index contributed by atoms with van der Waals surface area (Å²) >= 11 is 22.4. The molecule has 4 fully saturated rings. The van der Waals surface area contributed by atoms with Gasteiger partial charge in [0.05, 0.1) is 82.6 Å². The van der Waals surface area contributed by atoms with Gasteiger partial charge in [0.2, 0.25) is 0 Å². The summed E-state index contributed by atoms with van der Waals surface area (Å²) in [6.07, 6.45) is 1.75. The molecule has 12 aromatic rings. The second kappa shape index (κ2) is 36.6. The predicted octanol–water partition coefficient (Wildman–Crippen LogP) is 18.3. The highest BCUT2D eigenvalue weighted by atomic mass is 35.5. The van der Waals surface area contributed by atoms with Crippen LogP contribution in [0, 0.1) is 57.3 Å². The van der Waals surface area contributed by atoms with E-state index in [1.807, 2.05) is 0 Å². The molecule has 30 heteroatoms. The molecule has 0 aliphatic carbocycles. The van der Waals surface area contributed by atoms with Gasteiger partial charge in [-0.1, -0.05) is 72.9 Å². The van der Waals surface area contributed by atoms with E-state index >= 15 is 0 Å². The Hall–Kier alpha value is -8.86. The summed E-state index contributed by atoms with van der Waals surface area (Å²) in [6.45, 7) is -5.89. The molecule has 108 heavy (non-hydrogen) atoms. The second-order valence-corrected chi connectivity index (χ2v) is 29.8. The zero-order valence-electron chi connectivity index (χ0n) is 85.8. The minimum Gasteiger partial charge on any atom is -0.367 e. The Morgan fingerprint density at radius 1 is 0.481 bits per heavy atom. The van der Waals surface area contributed by atoms with Crippen LogP contribution in [0.4, 0.5) is 40.8 Å². The molecule has 0 radical (unpaired) electrons. The van der Waals surface area contributed by atoms with Gasteiger partial charge in [0.25, 0.3) is 0 Å². The monoisotopic (exact) mass is 1620 g/mol. The van der Waals surface area contributed by atoms with Crippen LogP contribution in [0.3, 0.4) is 0 Å². The third-order valence-electron chi connectivity index (χ3n) is 16.3. The molecule has 19 nitrogen and oxygen atoms in total. The predicted molar refractivity (Wildman–Crippen MR) is 426 cm³/mol. The Bertz CT molecular complexity index is 6820. The lowest BCUT2D eigenvalue weighted by Gasteiger charge is -2.32. The third-order valence-corrected chi connectivity index (χ3v) is 20.9. The minimum atomic E-state index is -2.37. The lowest BCUT2D eigenvalue weighted by atomic mass is 10.0. The smallest absolute Gasteiger partial charge is 0.162 e. The van der Waals surface area contributed by atoms with Crippen molar-refractivity contribution in [1.29, 1.82) is 15.8 Å². The van der Waals surface area contributed by atoms with E-state index in [4.69, 9.17) is 80.0 Å². The molecule has 4 saturated heterocycles. The second-order valence-electron chi connectivity index (χ2n) is 24.0. The van der Waals surface area contributed by atoms with E-state index in [2.05, 4.69) is 39.9 Å². The Balaban J connectivity index is 0.000000154. The fourth-order valence-corrected chi connectivity index (χ4v) is 14.9. The van der Waals surface area contributed by atoms with Crippen molar-refractivity contribution in [3.8, 4) is 18.2 Å². The van der Waals surface area contributed by atoms with Gasteiger partial charge >= 0.3 is 0 Å². The largest absolute Gasteiger partial charge is 0.367 e. The molecule has 0 atom stereocenters. The number of hydrogen-bond acceptors (Lipinski definition) is 23. The van der Waals surface area contributed by atoms with Crippen molar-refractivity contribution in [2.24, 2.45) is 0 Å². The lowest BCUT2D eigenvalue weighted by Crippen LogP contribution is -2.39. The number of fused-ring (bicyclic) bond motifs is 4. The first-order valence-corrected chi connectivity index (χ1v) is 37.3. The SMILES string of the molecule is [2H]c1c(Cl)sc2ncnc(N([2H])C3([2H])CCN(C([2H])([2H])c4cc(C#N)c(F)cc4F)CC3)c12.[2H]c1cc([2H])c(C([2H])([2H])N2CCC([2H])(N([2H])c3ncnc4sc(Cl)c([2H])c34)CC2)c([2H])c1C#N.[2H]c1nc(N([2H])C2([2H])CCN(C([2H])([2H])c3c([2H])cc([2H])c(C#N)c3[2H])CC2)c2c([2H])c(Cl)sc2n1.[2H]c1nc(N([2H])C2([2H])CCN(C([2H])([2H])c3cc(F)cc(F)c3)CC2)c2c([2H])c(C([2H])(C)C)sc2n1. The number of nitrogens with zero attached hydrogens (tertiary/aromatic N) is 15. The summed E-state index contributed by atoms with van der Waals surface area (Å²) in [5.74, 6) is -5.07. The number of anilines is 4. The molecule has 16 rings (SSSR count). The van der Waals surface area contributed by atoms with Gasteiger partial charge in [0.1, 0.15) is 99.9 Å². The summed E-state index contributed by atoms with van der Waals surface area (Å²) in [5, 5.41) is 31.9. The third kappa shape index (κ3) is 20.5. The van der Waals surface area contributed by atoms with Crippen molar-refractivity contribution in [3.05, 3.63) is 208 Å². The molecule has 556 valence electrons. The lowest BCUT2D eigenvalue weighted by molar-refractivity contribution is 0.208. The fourth-order valence-electron chi connectivity index (χ4n) is 11.1. The number of rotatable bonds is 17. The molecule has 4 aromatic carbocycles. The van der Waals surface area contributed by atoms with E-state index in [1.165, 1.54) is 32.3 Å². The number of nitriles is 3. The summed E-state index contributed by atoms with van der Waals surface area (Å²) < 4.78 is 300. The van der Waals surface area contributed by atoms with Crippen LogP contribution in [0.2, 0.25) is 18.7 Å². The molecule has 0 amide bonds. The number of thiophene rings is 4. The quantitative estimate of drug-likeness (QED) is 0.0620. The van der Waals surface area contributed by atoms with E-state index < -0.39 is 102 Å². The number of benzene rings is 4. The van der Waals surface area contributed by atoms with Gasteiger partial charge in [-0.2, -0.15) is 15.8 Å². The molecule has 4 aliphatic rings. The number of halogens is 7. The number of hydrogen-bond donors (Lipinski definition) is 4. The van der Waals surface area contributed by atoms with Gasteiger partial charge in [-0.05, 0) is 140 Å². The summed E-state index contributed by atoms with van der Waals surface area (Å²) in [7, 11) is 0. The van der Waals surface area contributed by atoms with Crippen molar-refractivity contribution in [2.45, 2.75) is 121 Å². The summed E-state index contributed by atoms with van der Waals surface area (Å²) in [6, 6.07) is 2.44. The molecular weight excluding hydrogens is 1510 g/mol. The Morgan fingerprint density at radius 3 is 1.27 bits per heavy atom. The van der Waals surface area contributed by atoms with E-state index in [9.17, 15) is 28.1 Å². The highest BCUT2D eigenvalue weighted by molar-refractivity contribution is 7.23. The Labute approximate surface area is 695 Å². The maximum absolute atomic E-state index is 14.4. The van der Waals surface area contributed by atoms with Crippen molar-refractivity contribution >= 4 is 144 Å². The van der Waals surface area contributed by atoms with E-state index in [-0.39, 0.29) is 255 Å². The molecule has 0 unspecified atom stereocenters. The number of aromatic nitrogens is 8. The topological polar surface area (TPSA) is 236 Å². The Morgan fingerprint density at radius 2 is 0.861 bits per heavy atom. The van der Waals surface area contributed by atoms with Crippen LogP contribution >= 0.6 is 80.1 Å². The summed E-state index contributed by atoms with van der Waals surface area (Å²) in [4.78, 5) is 39.6. The van der Waals surface area contributed by atoms with Crippen molar-refractivity contribution in [2.75, 3.05) is 73.6 Å². The molecule has 0 saturated carbocycles. The molecule has 12 heterocycles. The number of piperidine rings is 4. The van der Waals surface area contributed by atoms with Crippen LogP contribution in [0.5, 0.6) is 0 Å². The molecule has 0 bridgehead atoms. The molecule has 0 spiro atoms. The van der Waals surface area contributed by atoms with Gasteiger partial charge in [-0.3, -0.25) is 19.6 Å². The van der Waals surface area contributed by atoms with Crippen molar-refractivity contribution in [3.63, 3.8) is 0 Å². The zero-order valence-corrected chi connectivity index (χ0v) is 62.3. The first-order chi connectivity index (χ1) is 63.9. The van der Waals surface area contributed by atoms with E-state index in [0.29, 0.717) is 31.5 Å². The Kier molecular flexibility index (Phi) is 16.5. The van der Waals surface area contributed by atoms with Crippen LogP contribution in [-0.2, 0) is 26.0 Å². The van der Waals surface area contributed by atoms with Crippen LogP contribution in [-0.4, -0.2) is 136 Å². The van der Waals surface area contributed by atoms with Gasteiger partial charge in [0, 0.05) is 137 Å². The van der Waals surface area contributed by atoms with Gasteiger partial charge in [-0.25, -0.2) is 57.4 Å². The molecule has 8 aromatic heterocycles. The van der Waals surface area contributed by atoms with Gasteiger partial charge < -0.3 is 21.2 Å². The first-order valence-electron chi connectivity index (χ1n) is 47.2. The van der Waals surface area contributed by atoms with Crippen LogP contribution < -0.4 is 21.2 Å². The minimum absolute atomic E-state index is 0.000625. The van der Waals surface area contributed by atoms with Gasteiger partial charge in [0.15, 0.2) is 5.65 Å².